The second-order valence-corrected chi connectivity index (χ2v) is 5.41. The van der Waals surface area contributed by atoms with Crippen LogP contribution < -0.4 is 5.73 Å². The Hall–Kier alpha value is -0.540. The smallest absolute Gasteiger partial charge is 0.0569 e. The highest BCUT2D eigenvalue weighted by Gasteiger charge is 2.01. The average molecular weight is 224 g/mol. The molecule has 0 aliphatic rings. The molecule has 2 nitrogen and oxygen atoms in total. The van der Waals surface area contributed by atoms with Crippen molar-refractivity contribution in [2.75, 3.05) is 5.75 Å². The number of thioether (sulfide) groups is 1. The van der Waals surface area contributed by atoms with Gasteiger partial charge in [-0.2, -0.15) is 0 Å². The van der Waals surface area contributed by atoms with Crippen molar-refractivity contribution < 1.29 is 0 Å². The molecule has 1 heterocycles. The number of rotatable bonds is 5. The normalized spacial score (nSPS) is 13.1. The first kappa shape index (κ1) is 12.5. The van der Waals surface area contributed by atoms with Crippen LogP contribution in [-0.2, 0) is 0 Å². The molecule has 0 aliphatic heterocycles. The Bertz CT molecular complexity index is 280. The monoisotopic (exact) mass is 224 g/mol. The molecule has 0 spiro atoms. The van der Waals surface area contributed by atoms with Gasteiger partial charge in [0.15, 0.2) is 0 Å². The standard InChI is InChI=1S/C12H20N2S/c1-9(2)6-7-15-11-4-5-12(10(3)13)14-8-11/h4-5,8-10H,6-7,13H2,1-3H3. The van der Waals surface area contributed by atoms with Gasteiger partial charge in [0.25, 0.3) is 0 Å². The molecule has 1 atom stereocenters. The van der Waals surface area contributed by atoms with Crippen LogP contribution in [0.25, 0.3) is 0 Å². The summed E-state index contributed by atoms with van der Waals surface area (Å²) in [5, 5.41) is 0. The number of pyridine rings is 1. The summed E-state index contributed by atoms with van der Waals surface area (Å²) in [6.45, 7) is 6.45. The van der Waals surface area contributed by atoms with Gasteiger partial charge in [-0.3, -0.25) is 4.98 Å². The minimum absolute atomic E-state index is 0.0275. The fourth-order valence-corrected chi connectivity index (χ4v) is 2.28. The summed E-state index contributed by atoms with van der Waals surface area (Å²) >= 11 is 1.87. The first-order valence-electron chi connectivity index (χ1n) is 5.44. The van der Waals surface area contributed by atoms with E-state index in [1.165, 1.54) is 11.3 Å². The molecule has 0 radical (unpaired) electrons. The second-order valence-electron chi connectivity index (χ2n) is 4.24. The SMILES string of the molecule is CC(C)CCSc1ccc(C(C)N)nc1. The highest BCUT2D eigenvalue weighted by molar-refractivity contribution is 7.99. The topological polar surface area (TPSA) is 38.9 Å². The van der Waals surface area contributed by atoms with E-state index in [9.17, 15) is 0 Å². The molecule has 0 saturated heterocycles. The summed E-state index contributed by atoms with van der Waals surface area (Å²) in [5.74, 6) is 1.94. The lowest BCUT2D eigenvalue weighted by Gasteiger charge is -2.06. The van der Waals surface area contributed by atoms with Crippen LogP contribution in [0.4, 0.5) is 0 Å². The van der Waals surface area contributed by atoms with Crippen molar-refractivity contribution in [3.63, 3.8) is 0 Å². The largest absolute Gasteiger partial charge is 0.323 e. The lowest BCUT2D eigenvalue weighted by atomic mass is 10.2. The van der Waals surface area contributed by atoms with E-state index in [1.807, 2.05) is 30.9 Å². The van der Waals surface area contributed by atoms with Crippen LogP contribution in [0.2, 0.25) is 0 Å². The van der Waals surface area contributed by atoms with E-state index in [4.69, 9.17) is 5.73 Å². The van der Waals surface area contributed by atoms with Crippen molar-refractivity contribution in [1.82, 2.24) is 4.98 Å². The number of nitrogens with two attached hydrogens (primary N) is 1. The molecular weight excluding hydrogens is 204 g/mol. The Labute approximate surface area is 96.7 Å². The first-order valence-corrected chi connectivity index (χ1v) is 6.42. The number of hydrogen-bond acceptors (Lipinski definition) is 3. The average Bonchev–Trinajstić information content (AvgIpc) is 2.18. The zero-order chi connectivity index (χ0) is 11.3. The highest BCUT2D eigenvalue weighted by atomic mass is 32.2. The number of nitrogens with zero attached hydrogens (tertiary/aromatic N) is 1. The predicted molar refractivity (Wildman–Crippen MR) is 67.0 cm³/mol. The van der Waals surface area contributed by atoms with Crippen molar-refractivity contribution in [3.05, 3.63) is 24.0 Å². The summed E-state index contributed by atoms with van der Waals surface area (Å²) in [7, 11) is 0. The molecule has 1 aromatic heterocycles. The lowest BCUT2D eigenvalue weighted by molar-refractivity contribution is 0.632. The lowest BCUT2D eigenvalue weighted by Crippen LogP contribution is -2.06. The van der Waals surface area contributed by atoms with E-state index < -0.39 is 0 Å². The van der Waals surface area contributed by atoms with Gasteiger partial charge < -0.3 is 5.73 Å². The molecule has 84 valence electrons. The molecule has 1 unspecified atom stereocenters. The summed E-state index contributed by atoms with van der Waals surface area (Å²) in [4.78, 5) is 5.57. The van der Waals surface area contributed by atoms with E-state index in [1.54, 1.807) is 0 Å². The van der Waals surface area contributed by atoms with Gasteiger partial charge in [0, 0.05) is 17.1 Å². The Morgan fingerprint density at radius 2 is 2.07 bits per heavy atom. The minimum Gasteiger partial charge on any atom is -0.323 e. The van der Waals surface area contributed by atoms with Crippen molar-refractivity contribution in [1.29, 1.82) is 0 Å². The van der Waals surface area contributed by atoms with E-state index >= 15 is 0 Å². The summed E-state index contributed by atoms with van der Waals surface area (Å²) in [6.07, 6.45) is 3.17. The van der Waals surface area contributed by atoms with Crippen LogP contribution in [0.1, 0.15) is 38.9 Å². The molecule has 15 heavy (non-hydrogen) atoms. The van der Waals surface area contributed by atoms with Crippen molar-refractivity contribution in [3.8, 4) is 0 Å². The van der Waals surface area contributed by atoms with Gasteiger partial charge in [0.1, 0.15) is 0 Å². The van der Waals surface area contributed by atoms with Crippen molar-refractivity contribution >= 4 is 11.8 Å². The maximum Gasteiger partial charge on any atom is 0.0569 e. The van der Waals surface area contributed by atoms with Crippen LogP contribution >= 0.6 is 11.8 Å². The molecule has 1 rings (SSSR count). The maximum absolute atomic E-state index is 5.73. The van der Waals surface area contributed by atoms with Gasteiger partial charge in [-0.25, -0.2) is 0 Å². The Kier molecular flexibility index (Phi) is 5.12. The quantitative estimate of drug-likeness (QED) is 0.780. The third-order valence-electron chi connectivity index (χ3n) is 2.19. The van der Waals surface area contributed by atoms with Crippen molar-refractivity contribution in [2.24, 2.45) is 11.7 Å². The van der Waals surface area contributed by atoms with Gasteiger partial charge in [-0.15, -0.1) is 11.8 Å². The molecule has 0 amide bonds. The molecule has 0 saturated carbocycles. The number of hydrogen-bond donors (Lipinski definition) is 1. The maximum atomic E-state index is 5.73. The first-order chi connectivity index (χ1) is 7.09. The highest BCUT2D eigenvalue weighted by Crippen LogP contribution is 2.20. The molecular formula is C12H20N2S. The van der Waals surface area contributed by atoms with Gasteiger partial charge >= 0.3 is 0 Å². The zero-order valence-corrected chi connectivity index (χ0v) is 10.6. The van der Waals surface area contributed by atoms with Gasteiger partial charge in [0.05, 0.1) is 5.69 Å². The fraction of sp³-hybridized carbons (Fsp3) is 0.583. The van der Waals surface area contributed by atoms with E-state index in [2.05, 4.69) is 24.9 Å². The van der Waals surface area contributed by atoms with E-state index in [-0.39, 0.29) is 6.04 Å². The Morgan fingerprint density at radius 3 is 2.53 bits per heavy atom. The summed E-state index contributed by atoms with van der Waals surface area (Å²) in [5.41, 5.74) is 6.70. The van der Waals surface area contributed by atoms with Crippen LogP contribution in [0.15, 0.2) is 23.2 Å². The minimum atomic E-state index is 0.0275. The van der Waals surface area contributed by atoms with Crippen LogP contribution in [0.5, 0.6) is 0 Å². The van der Waals surface area contributed by atoms with Crippen LogP contribution in [0.3, 0.4) is 0 Å². The van der Waals surface area contributed by atoms with Gasteiger partial charge in [-0.05, 0) is 37.1 Å². The Morgan fingerprint density at radius 1 is 1.33 bits per heavy atom. The molecule has 0 aliphatic carbocycles. The fourth-order valence-electron chi connectivity index (χ4n) is 1.16. The molecule has 0 aromatic carbocycles. The summed E-state index contributed by atoms with van der Waals surface area (Å²) < 4.78 is 0. The Balaban J connectivity index is 2.43. The van der Waals surface area contributed by atoms with E-state index in [0.29, 0.717) is 0 Å². The third-order valence-corrected chi connectivity index (χ3v) is 3.20. The van der Waals surface area contributed by atoms with Crippen LogP contribution in [-0.4, -0.2) is 10.7 Å². The third kappa shape index (κ3) is 4.67. The molecule has 0 fully saturated rings. The predicted octanol–water partition coefficient (Wildman–Crippen LogP) is 3.24. The van der Waals surface area contributed by atoms with E-state index in [0.717, 1.165) is 17.4 Å². The van der Waals surface area contributed by atoms with Crippen molar-refractivity contribution in [2.45, 2.75) is 38.1 Å². The molecule has 1 aromatic rings. The second kappa shape index (κ2) is 6.13. The van der Waals surface area contributed by atoms with Gasteiger partial charge in [0.2, 0.25) is 0 Å². The molecule has 0 bridgehead atoms. The molecule has 2 N–H and O–H groups in total. The summed E-state index contributed by atoms with van der Waals surface area (Å²) in [6, 6.07) is 4.15. The van der Waals surface area contributed by atoms with Crippen LogP contribution in [0, 0.1) is 5.92 Å². The molecule has 3 heteroatoms. The number of aromatic nitrogens is 1. The van der Waals surface area contributed by atoms with Gasteiger partial charge in [-0.1, -0.05) is 13.8 Å². The zero-order valence-electron chi connectivity index (χ0n) is 9.73.